The molecule has 17 heavy (non-hydrogen) atoms. The average Bonchev–Trinajstić information content (AvgIpc) is 2.84. The smallest absolute Gasteiger partial charge is 0.162 e. The van der Waals surface area contributed by atoms with Crippen molar-refractivity contribution in [3.8, 4) is 11.5 Å². The van der Waals surface area contributed by atoms with Gasteiger partial charge in [-0.3, -0.25) is 0 Å². The Bertz CT molecular complexity index is 390. The Morgan fingerprint density at radius 1 is 1.29 bits per heavy atom. The van der Waals surface area contributed by atoms with Crippen LogP contribution in [0.1, 0.15) is 6.42 Å². The second kappa shape index (κ2) is 5.14. The molecule has 0 aliphatic carbocycles. The lowest BCUT2D eigenvalue weighted by Gasteiger charge is -2.17. The van der Waals surface area contributed by atoms with Gasteiger partial charge in [-0.15, -0.1) is 0 Å². The van der Waals surface area contributed by atoms with Gasteiger partial charge in [0.1, 0.15) is 0 Å². The van der Waals surface area contributed by atoms with Crippen LogP contribution in [0, 0.1) is 0 Å². The van der Waals surface area contributed by atoms with Gasteiger partial charge in [-0.05, 0) is 6.42 Å². The maximum absolute atomic E-state index is 5.96. The molecule has 1 heterocycles. The topological polar surface area (TPSA) is 65.7 Å². The quantitative estimate of drug-likeness (QED) is 0.778. The molecule has 1 unspecified atom stereocenters. The first-order valence-electron chi connectivity index (χ1n) is 5.60. The number of hydrogen-bond acceptors (Lipinski definition) is 5. The molecule has 0 amide bonds. The van der Waals surface area contributed by atoms with E-state index in [1.54, 1.807) is 20.3 Å². The largest absolute Gasteiger partial charge is 0.493 e. The highest BCUT2D eigenvalue weighted by Crippen LogP contribution is 2.35. The molecule has 1 aromatic carbocycles. The van der Waals surface area contributed by atoms with E-state index in [1.807, 2.05) is 6.07 Å². The summed E-state index contributed by atoms with van der Waals surface area (Å²) in [6, 6.07) is 3.93. The molecular weight excluding hydrogens is 220 g/mol. The van der Waals surface area contributed by atoms with E-state index in [-0.39, 0.29) is 0 Å². The standard InChI is InChI=1S/C12H18N2O3/c1-15-11-5-9(13)10(6-12(11)16-2)14-8-3-4-17-7-8/h5-6,8,14H,3-4,7,13H2,1-2H3. The molecule has 1 aromatic rings. The Balaban J connectivity index is 2.20. The van der Waals surface area contributed by atoms with Gasteiger partial charge in [-0.2, -0.15) is 0 Å². The first-order chi connectivity index (χ1) is 8.24. The van der Waals surface area contributed by atoms with Gasteiger partial charge < -0.3 is 25.3 Å². The summed E-state index contributed by atoms with van der Waals surface area (Å²) in [4.78, 5) is 0. The van der Waals surface area contributed by atoms with Crippen molar-refractivity contribution in [2.45, 2.75) is 12.5 Å². The summed E-state index contributed by atoms with van der Waals surface area (Å²) in [6.45, 7) is 1.51. The zero-order valence-corrected chi connectivity index (χ0v) is 10.2. The first kappa shape index (κ1) is 11.9. The fourth-order valence-electron chi connectivity index (χ4n) is 1.89. The van der Waals surface area contributed by atoms with Crippen LogP contribution in [-0.2, 0) is 4.74 Å². The predicted molar refractivity (Wildman–Crippen MR) is 66.8 cm³/mol. The Kier molecular flexibility index (Phi) is 3.58. The van der Waals surface area contributed by atoms with Gasteiger partial charge in [-0.25, -0.2) is 0 Å². The van der Waals surface area contributed by atoms with Gasteiger partial charge in [0.05, 0.1) is 38.2 Å². The molecule has 0 bridgehead atoms. The number of ether oxygens (including phenoxy) is 3. The number of benzene rings is 1. The van der Waals surface area contributed by atoms with Crippen LogP contribution in [0.3, 0.4) is 0 Å². The van der Waals surface area contributed by atoms with Gasteiger partial charge in [-0.1, -0.05) is 0 Å². The van der Waals surface area contributed by atoms with E-state index in [0.717, 1.165) is 18.7 Å². The van der Waals surface area contributed by atoms with Crippen molar-refractivity contribution < 1.29 is 14.2 Å². The van der Waals surface area contributed by atoms with Gasteiger partial charge in [0.2, 0.25) is 0 Å². The van der Waals surface area contributed by atoms with Crippen molar-refractivity contribution in [3.05, 3.63) is 12.1 Å². The van der Waals surface area contributed by atoms with E-state index in [9.17, 15) is 0 Å². The summed E-state index contributed by atoms with van der Waals surface area (Å²) in [5.74, 6) is 1.31. The minimum absolute atomic E-state index is 0.315. The van der Waals surface area contributed by atoms with Crippen LogP contribution in [0.4, 0.5) is 11.4 Å². The SMILES string of the molecule is COc1cc(N)c(NC2CCOC2)cc1OC. The third-order valence-corrected chi connectivity index (χ3v) is 2.85. The average molecular weight is 238 g/mol. The van der Waals surface area contributed by atoms with Gasteiger partial charge in [0.25, 0.3) is 0 Å². The molecule has 0 aromatic heterocycles. The van der Waals surface area contributed by atoms with Crippen LogP contribution < -0.4 is 20.5 Å². The molecular formula is C12H18N2O3. The molecule has 3 N–H and O–H groups in total. The summed E-state index contributed by atoms with van der Waals surface area (Å²) in [5, 5.41) is 3.35. The second-order valence-corrected chi connectivity index (χ2v) is 4.00. The van der Waals surface area contributed by atoms with Crippen molar-refractivity contribution in [2.75, 3.05) is 38.5 Å². The second-order valence-electron chi connectivity index (χ2n) is 4.00. The summed E-state index contributed by atoms with van der Waals surface area (Å²) in [5.41, 5.74) is 7.47. The van der Waals surface area contributed by atoms with Crippen molar-refractivity contribution in [3.63, 3.8) is 0 Å². The molecule has 5 nitrogen and oxygen atoms in total. The summed E-state index contributed by atoms with van der Waals surface area (Å²) in [7, 11) is 3.20. The maximum Gasteiger partial charge on any atom is 0.162 e. The Morgan fingerprint density at radius 3 is 2.59 bits per heavy atom. The summed E-state index contributed by atoms with van der Waals surface area (Å²) in [6.07, 6.45) is 0.994. The maximum atomic E-state index is 5.96. The van der Waals surface area contributed by atoms with Crippen LogP contribution in [-0.4, -0.2) is 33.5 Å². The minimum atomic E-state index is 0.315. The van der Waals surface area contributed by atoms with E-state index in [4.69, 9.17) is 19.9 Å². The van der Waals surface area contributed by atoms with Crippen LogP contribution >= 0.6 is 0 Å². The Morgan fingerprint density at radius 2 is 2.00 bits per heavy atom. The zero-order chi connectivity index (χ0) is 12.3. The lowest BCUT2D eigenvalue weighted by atomic mass is 10.2. The third kappa shape index (κ3) is 2.55. The normalized spacial score (nSPS) is 19.1. The number of nitrogens with one attached hydrogen (secondary N) is 1. The first-order valence-corrected chi connectivity index (χ1v) is 5.60. The Labute approximate surface area is 101 Å². The summed E-state index contributed by atoms with van der Waals surface area (Å²) < 4.78 is 15.7. The number of hydrogen-bond donors (Lipinski definition) is 2. The van der Waals surface area contributed by atoms with Crippen LogP contribution in [0.15, 0.2) is 12.1 Å². The molecule has 94 valence electrons. The van der Waals surface area contributed by atoms with Crippen molar-refractivity contribution in [1.82, 2.24) is 0 Å². The van der Waals surface area contributed by atoms with Gasteiger partial charge >= 0.3 is 0 Å². The zero-order valence-electron chi connectivity index (χ0n) is 10.2. The van der Waals surface area contributed by atoms with Crippen molar-refractivity contribution in [1.29, 1.82) is 0 Å². The number of nitrogen functional groups attached to an aromatic ring is 1. The van der Waals surface area contributed by atoms with E-state index < -0.39 is 0 Å². The fourth-order valence-corrected chi connectivity index (χ4v) is 1.89. The molecule has 0 radical (unpaired) electrons. The van der Waals surface area contributed by atoms with Gasteiger partial charge in [0.15, 0.2) is 11.5 Å². The third-order valence-electron chi connectivity index (χ3n) is 2.85. The summed E-state index contributed by atoms with van der Waals surface area (Å²) >= 11 is 0. The van der Waals surface area contributed by atoms with Crippen LogP contribution in [0.2, 0.25) is 0 Å². The molecule has 0 spiro atoms. The Hall–Kier alpha value is -1.62. The van der Waals surface area contributed by atoms with Crippen molar-refractivity contribution >= 4 is 11.4 Å². The highest BCUT2D eigenvalue weighted by molar-refractivity contribution is 5.72. The predicted octanol–water partition coefficient (Wildman–Crippen LogP) is 1.49. The molecule has 1 fully saturated rings. The molecule has 1 aliphatic rings. The fraction of sp³-hybridized carbons (Fsp3) is 0.500. The molecule has 1 aliphatic heterocycles. The molecule has 1 saturated heterocycles. The molecule has 2 rings (SSSR count). The number of nitrogens with two attached hydrogens (primary N) is 1. The van der Waals surface area contributed by atoms with E-state index in [0.29, 0.717) is 29.8 Å². The highest BCUT2D eigenvalue weighted by atomic mass is 16.5. The van der Waals surface area contributed by atoms with Crippen LogP contribution in [0.5, 0.6) is 11.5 Å². The van der Waals surface area contributed by atoms with Gasteiger partial charge in [0, 0.05) is 18.7 Å². The van der Waals surface area contributed by atoms with Crippen LogP contribution in [0.25, 0.3) is 0 Å². The van der Waals surface area contributed by atoms with E-state index in [1.165, 1.54) is 0 Å². The van der Waals surface area contributed by atoms with Crippen molar-refractivity contribution in [2.24, 2.45) is 0 Å². The lowest BCUT2D eigenvalue weighted by molar-refractivity contribution is 0.195. The minimum Gasteiger partial charge on any atom is -0.493 e. The number of rotatable bonds is 4. The lowest BCUT2D eigenvalue weighted by Crippen LogP contribution is -2.19. The monoisotopic (exact) mass is 238 g/mol. The number of anilines is 2. The molecule has 0 saturated carbocycles. The van der Waals surface area contributed by atoms with E-state index in [2.05, 4.69) is 5.32 Å². The highest BCUT2D eigenvalue weighted by Gasteiger charge is 2.17. The number of methoxy groups -OCH3 is 2. The molecule has 5 heteroatoms. The van der Waals surface area contributed by atoms with E-state index >= 15 is 0 Å². The molecule has 1 atom stereocenters.